The maximum absolute atomic E-state index is 5.50. The molecule has 0 rings (SSSR count). The Morgan fingerprint density at radius 3 is 2.64 bits per heavy atom. The number of ether oxygens (including phenoxy) is 1. The summed E-state index contributed by atoms with van der Waals surface area (Å²) in [5.41, 5.74) is 0. The lowest BCUT2D eigenvalue weighted by Crippen LogP contribution is -2.20. The van der Waals surface area contributed by atoms with Crippen LogP contribution in [0.1, 0.15) is 33.6 Å². The van der Waals surface area contributed by atoms with Crippen LogP contribution in [0, 0.1) is 0 Å². The van der Waals surface area contributed by atoms with Crippen molar-refractivity contribution in [3.05, 3.63) is 0 Å². The first kappa shape index (κ1) is 10.9. The highest BCUT2D eigenvalue weighted by Gasteiger charge is 1.98. The van der Waals surface area contributed by atoms with Crippen molar-refractivity contribution in [1.29, 1.82) is 0 Å². The Morgan fingerprint density at radius 1 is 1.36 bits per heavy atom. The Morgan fingerprint density at radius 2 is 2.09 bits per heavy atom. The normalized spacial score (nSPS) is 13.4. The van der Waals surface area contributed by atoms with Crippen LogP contribution in [0.3, 0.4) is 0 Å². The molecule has 2 nitrogen and oxygen atoms in total. The van der Waals surface area contributed by atoms with Crippen molar-refractivity contribution in [2.24, 2.45) is 0 Å². The Kier molecular flexibility index (Phi) is 7.96. The molecule has 0 aliphatic carbocycles. The van der Waals surface area contributed by atoms with Gasteiger partial charge in [0.15, 0.2) is 0 Å². The van der Waals surface area contributed by atoms with Crippen molar-refractivity contribution < 1.29 is 4.74 Å². The minimum absolute atomic E-state index is 0.411. The number of hydrogen-bond donors (Lipinski definition) is 1. The highest BCUT2D eigenvalue weighted by molar-refractivity contribution is 4.52. The first-order valence-electron chi connectivity index (χ1n) is 4.63. The molecular weight excluding hydrogens is 138 g/mol. The maximum atomic E-state index is 5.50. The maximum Gasteiger partial charge on any atom is 0.0559 e. The lowest BCUT2D eigenvalue weighted by atomic mass is 10.3. The molecule has 2 heteroatoms. The van der Waals surface area contributed by atoms with Crippen molar-refractivity contribution in [3.8, 4) is 0 Å². The molecule has 0 aliphatic heterocycles. The van der Waals surface area contributed by atoms with Gasteiger partial charge in [-0.05, 0) is 32.9 Å². The SMILES string of the molecule is CCCOC(C)CCNCC. The van der Waals surface area contributed by atoms with E-state index < -0.39 is 0 Å². The van der Waals surface area contributed by atoms with Crippen molar-refractivity contribution >= 4 is 0 Å². The average molecular weight is 159 g/mol. The molecule has 0 bridgehead atoms. The van der Waals surface area contributed by atoms with Gasteiger partial charge in [0.2, 0.25) is 0 Å². The molecule has 0 aromatic rings. The van der Waals surface area contributed by atoms with E-state index in [0.29, 0.717) is 6.10 Å². The second-order valence-corrected chi connectivity index (χ2v) is 2.82. The van der Waals surface area contributed by atoms with E-state index in [9.17, 15) is 0 Å². The Hall–Kier alpha value is -0.0800. The minimum Gasteiger partial charge on any atom is -0.378 e. The molecule has 0 aliphatic rings. The zero-order chi connectivity index (χ0) is 8.53. The van der Waals surface area contributed by atoms with Gasteiger partial charge >= 0.3 is 0 Å². The van der Waals surface area contributed by atoms with E-state index >= 15 is 0 Å². The highest BCUT2D eigenvalue weighted by Crippen LogP contribution is 1.96. The molecule has 0 amide bonds. The summed E-state index contributed by atoms with van der Waals surface area (Å²) in [6, 6.07) is 0. The standard InChI is InChI=1S/C9H21NO/c1-4-8-11-9(3)6-7-10-5-2/h9-10H,4-8H2,1-3H3. The number of hydrogen-bond acceptors (Lipinski definition) is 2. The number of nitrogens with one attached hydrogen (secondary N) is 1. The van der Waals surface area contributed by atoms with Gasteiger partial charge in [0.05, 0.1) is 6.10 Å². The molecule has 11 heavy (non-hydrogen) atoms. The van der Waals surface area contributed by atoms with E-state index in [1.807, 2.05) is 0 Å². The van der Waals surface area contributed by atoms with E-state index in [-0.39, 0.29) is 0 Å². The third-order valence-corrected chi connectivity index (χ3v) is 1.58. The van der Waals surface area contributed by atoms with E-state index in [2.05, 4.69) is 26.1 Å². The summed E-state index contributed by atoms with van der Waals surface area (Å²) in [4.78, 5) is 0. The van der Waals surface area contributed by atoms with Crippen LogP contribution in [-0.4, -0.2) is 25.8 Å². The van der Waals surface area contributed by atoms with Crippen LogP contribution in [0.5, 0.6) is 0 Å². The summed E-state index contributed by atoms with van der Waals surface area (Å²) >= 11 is 0. The second-order valence-electron chi connectivity index (χ2n) is 2.82. The smallest absolute Gasteiger partial charge is 0.0559 e. The minimum atomic E-state index is 0.411. The van der Waals surface area contributed by atoms with Crippen LogP contribution in [0.2, 0.25) is 0 Å². The van der Waals surface area contributed by atoms with Crippen LogP contribution < -0.4 is 5.32 Å². The monoisotopic (exact) mass is 159 g/mol. The van der Waals surface area contributed by atoms with Crippen LogP contribution in [0.25, 0.3) is 0 Å². The molecule has 1 unspecified atom stereocenters. The molecule has 0 saturated heterocycles. The van der Waals surface area contributed by atoms with Crippen LogP contribution >= 0.6 is 0 Å². The van der Waals surface area contributed by atoms with Crippen molar-refractivity contribution in [3.63, 3.8) is 0 Å². The molecule has 1 atom stereocenters. The fraction of sp³-hybridized carbons (Fsp3) is 1.00. The predicted molar refractivity (Wildman–Crippen MR) is 48.9 cm³/mol. The van der Waals surface area contributed by atoms with E-state index in [1.54, 1.807) is 0 Å². The van der Waals surface area contributed by atoms with Gasteiger partial charge in [-0.3, -0.25) is 0 Å². The Balaban J connectivity index is 3.02. The molecule has 0 aromatic carbocycles. The number of rotatable bonds is 7. The fourth-order valence-corrected chi connectivity index (χ4v) is 0.884. The molecule has 0 aromatic heterocycles. The van der Waals surface area contributed by atoms with Gasteiger partial charge < -0.3 is 10.1 Å². The third kappa shape index (κ3) is 7.82. The lowest BCUT2D eigenvalue weighted by molar-refractivity contribution is 0.0610. The van der Waals surface area contributed by atoms with Gasteiger partial charge in [-0.15, -0.1) is 0 Å². The van der Waals surface area contributed by atoms with Crippen LogP contribution in [0.15, 0.2) is 0 Å². The van der Waals surface area contributed by atoms with Gasteiger partial charge in [-0.25, -0.2) is 0 Å². The first-order chi connectivity index (χ1) is 5.31. The summed E-state index contributed by atoms with van der Waals surface area (Å²) in [6.07, 6.45) is 2.65. The third-order valence-electron chi connectivity index (χ3n) is 1.58. The molecule has 0 heterocycles. The first-order valence-corrected chi connectivity index (χ1v) is 4.63. The summed E-state index contributed by atoms with van der Waals surface area (Å²) in [6.45, 7) is 9.41. The quantitative estimate of drug-likeness (QED) is 0.572. The molecule has 0 radical (unpaired) electrons. The zero-order valence-electron chi connectivity index (χ0n) is 8.02. The summed E-state index contributed by atoms with van der Waals surface area (Å²) < 4.78 is 5.50. The largest absolute Gasteiger partial charge is 0.378 e. The van der Waals surface area contributed by atoms with Crippen molar-refractivity contribution in [2.75, 3.05) is 19.7 Å². The molecule has 0 spiro atoms. The van der Waals surface area contributed by atoms with Gasteiger partial charge in [0.1, 0.15) is 0 Å². The molecule has 0 fully saturated rings. The molecule has 0 saturated carbocycles. The summed E-state index contributed by atoms with van der Waals surface area (Å²) in [7, 11) is 0. The summed E-state index contributed by atoms with van der Waals surface area (Å²) in [5, 5.41) is 3.28. The van der Waals surface area contributed by atoms with Crippen LogP contribution in [0.4, 0.5) is 0 Å². The topological polar surface area (TPSA) is 21.3 Å². The van der Waals surface area contributed by atoms with Crippen molar-refractivity contribution in [2.45, 2.75) is 39.7 Å². The highest BCUT2D eigenvalue weighted by atomic mass is 16.5. The Labute approximate surface area is 70.3 Å². The van der Waals surface area contributed by atoms with E-state index in [4.69, 9.17) is 4.74 Å². The Bertz CT molecular complexity index is 76.0. The second kappa shape index (κ2) is 8.02. The van der Waals surface area contributed by atoms with Crippen LogP contribution in [-0.2, 0) is 4.74 Å². The summed E-state index contributed by atoms with van der Waals surface area (Å²) in [5.74, 6) is 0. The van der Waals surface area contributed by atoms with Gasteiger partial charge in [0.25, 0.3) is 0 Å². The van der Waals surface area contributed by atoms with Gasteiger partial charge in [-0.1, -0.05) is 13.8 Å². The van der Waals surface area contributed by atoms with E-state index in [1.165, 1.54) is 0 Å². The lowest BCUT2D eigenvalue weighted by Gasteiger charge is -2.11. The average Bonchev–Trinajstić information content (AvgIpc) is 2.01. The molecule has 1 N–H and O–H groups in total. The van der Waals surface area contributed by atoms with E-state index in [0.717, 1.165) is 32.5 Å². The zero-order valence-corrected chi connectivity index (χ0v) is 8.02. The molecule has 68 valence electrons. The fourth-order valence-electron chi connectivity index (χ4n) is 0.884. The predicted octanol–water partition coefficient (Wildman–Crippen LogP) is 1.80. The van der Waals surface area contributed by atoms with Gasteiger partial charge in [-0.2, -0.15) is 0 Å². The van der Waals surface area contributed by atoms with Crippen molar-refractivity contribution in [1.82, 2.24) is 5.32 Å². The van der Waals surface area contributed by atoms with Gasteiger partial charge in [0, 0.05) is 6.61 Å². The molecular formula is C9H21NO.